The first-order valence-electron chi connectivity index (χ1n) is 4.61. The number of hydrogen-bond donors (Lipinski definition) is 2. The summed E-state index contributed by atoms with van der Waals surface area (Å²) in [5, 5.41) is 6.40. The number of halogens is 1. The molecule has 0 radical (unpaired) electrons. The van der Waals surface area contributed by atoms with Crippen molar-refractivity contribution >= 4 is 0 Å². The first kappa shape index (κ1) is 9.79. The van der Waals surface area contributed by atoms with Crippen LogP contribution in [0.15, 0.2) is 30.6 Å². The van der Waals surface area contributed by atoms with Crippen molar-refractivity contribution in [2.75, 3.05) is 0 Å². The Morgan fingerprint density at radius 3 is 3.00 bits per heavy atom. The first-order chi connectivity index (χ1) is 7.25. The zero-order valence-electron chi connectivity index (χ0n) is 8.02. The molecule has 0 aliphatic carbocycles. The van der Waals surface area contributed by atoms with Crippen LogP contribution in [0.4, 0.5) is 4.39 Å². The second-order valence-corrected chi connectivity index (χ2v) is 3.31. The Balaban J connectivity index is 2.09. The molecule has 1 heterocycles. The van der Waals surface area contributed by atoms with E-state index in [9.17, 15) is 4.39 Å². The maximum Gasteiger partial charge on any atom is 0.141 e. The average Bonchev–Trinajstić information content (AvgIpc) is 2.70. The molecule has 2 rings (SSSR count). The Kier molecular flexibility index (Phi) is 2.73. The smallest absolute Gasteiger partial charge is 0.141 e. The molecular formula is C10H11FN4. The van der Waals surface area contributed by atoms with Crippen LogP contribution >= 0.6 is 0 Å². The standard InChI is InChI=1S/C10H11FN4/c11-8-3-1-2-7(4-8)5-9(12)10-13-6-14-15-10/h1-4,6,9H,5,12H2,(H,13,14,15). The lowest BCUT2D eigenvalue weighted by Gasteiger charge is -2.07. The lowest BCUT2D eigenvalue weighted by molar-refractivity contribution is 0.618. The minimum Gasteiger partial charge on any atom is -0.321 e. The molecule has 0 fully saturated rings. The molecule has 2 aromatic rings. The normalized spacial score (nSPS) is 12.7. The van der Waals surface area contributed by atoms with Gasteiger partial charge in [0.05, 0.1) is 6.04 Å². The average molecular weight is 206 g/mol. The lowest BCUT2D eigenvalue weighted by Crippen LogP contribution is -2.15. The molecule has 3 N–H and O–H groups in total. The van der Waals surface area contributed by atoms with Crippen molar-refractivity contribution in [1.82, 2.24) is 15.2 Å². The van der Waals surface area contributed by atoms with E-state index in [-0.39, 0.29) is 11.9 Å². The molecule has 1 aromatic heterocycles. The third-order valence-corrected chi connectivity index (χ3v) is 2.13. The van der Waals surface area contributed by atoms with Gasteiger partial charge in [-0.1, -0.05) is 12.1 Å². The molecular weight excluding hydrogens is 195 g/mol. The van der Waals surface area contributed by atoms with Crippen molar-refractivity contribution in [3.8, 4) is 0 Å². The van der Waals surface area contributed by atoms with E-state index in [1.807, 2.05) is 6.07 Å². The van der Waals surface area contributed by atoms with Crippen LogP contribution in [0.25, 0.3) is 0 Å². The van der Waals surface area contributed by atoms with Gasteiger partial charge in [0.15, 0.2) is 0 Å². The maximum absolute atomic E-state index is 12.9. The highest BCUT2D eigenvalue weighted by Crippen LogP contribution is 2.12. The molecule has 0 amide bonds. The predicted molar refractivity (Wildman–Crippen MR) is 53.4 cm³/mol. The first-order valence-corrected chi connectivity index (χ1v) is 4.61. The van der Waals surface area contributed by atoms with Crippen LogP contribution in [0, 0.1) is 5.82 Å². The van der Waals surface area contributed by atoms with E-state index in [0.29, 0.717) is 12.2 Å². The molecule has 0 bridgehead atoms. The van der Waals surface area contributed by atoms with Gasteiger partial charge in [-0.05, 0) is 24.1 Å². The summed E-state index contributed by atoms with van der Waals surface area (Å²) in [7, 11) is 0. The fraction of sp³-hybridized carbons (Fsp3) is 0.200. The van der Waals surface area contributed by atoms with Gasteiger partial charge in [-0.2, -0.15) is 5.10 Å². The number of benzene rings is 1. The van der Waals surface area contributed by atoms with Gasteiger partial charge in [0.25, 0.3) is 0 Å². The number of nitrogens with zero attached hydrogens (tertiary/aromatic N) is 2. The molecule has 1 atom stereocenters. The SMILES string of the molecule is NC(Cc1cccc(F)c1)c1ncn[nH]1. The molecule has 1 aromatic carbocycles. The number of aromatic amines is 1. The lowest BCUT2D eigenvalue weighted by atomic mass is 10.1. The molecule has 0 spiro atoms. The Hall–Kier alpha value is -1.75. The van der Waals surface area contributed by atoms with Crippen molar-refractivity contribution in [2.24, 2.45) is 5.73 Å². The van der Waals surface area contributed by atoms with Gasteiger partial charge in [-0.25, -0.2) is 9.37 Å². The van der Waals surface area contributed by atoms with E-state index in [1.165, 1.54) is 18.5 Å². The highest BCUT2D eigenvalue weighted by atomic mass is 19.1. The molecule has 1 unspecified atom stereocenters. The molecule has 0 aliphatic rings. The van der Waals surface area contributed by atoms with Crippen LogP contribution in [0.2, 0.25) is 0 Å². The number of hydrogen-bond acceptors (Lipinski definition) is 3. The zero-order valence-corrected chi connectivity index (χ0v) is 8.02. The van der Waals surface area contributed by atoms with E-state index in [1.54, 1.807) is 6.07 Å². The molecule has 0 saturated carbocycles. The van der Waals surface area contributed by atoms with Gasteiger partial charge in [-0.15, -0.1) is 0 Å². The van der Waals surface area contributed by atoms with Crippen LogP contribution in [-0.4, -0.2) is 15.2 Å². The highest BCUT2D eigenvalue weighted by molar-refractivity contribution is 5.18. The van der Waals surface area contributed by atoms with Gasteiger partial charge < -0.3 is 5.73 Å². The topological polar surface area (TPSA) is 67.6 Å². The Morgan fingerprint density at radius 1 is 1.47 bits per heavy atom. The number of nitrogens with two attached hydrogens (primary N) is 1. The van der Waals surface area contributed by atoms with E-state index in [4.69, 9.17) is 5.73 Å². The Morgan fingerprint density at radius 2 is 2.33 bits per heavy atom. The summed E-state index contributed by atoms with van der Waals surface area (Å²) >= 11 is 0. The number of rotatable bonds is 3. The van der Waals surface area contributed by atoms with Crippen LogP contribution in [0.1, 0.15) is 17.4 Å². The van der Waals surface area contributed by atoms with E-state index < -0.39 is 0 Å². The largest absolute Gasteiger partial charge is 0.321 e. The molecule has 0 saturated heterocycles. The number of H-pyrrole nitrogens is 1. The molecule has 5 heteroatoms. The van der Waals surface area contributed by atoms with Gasteiger partial charge in [0.1, 0.15) is 18.0 Å². The molecule has 78 valence electrons. The molecule has 0 aliphatic heterocycles. The summed E-state index contributed by atoms with van der Waals surface area (Å²) < 4.78 is 12.9. The van der Waals surface area contributed by atoms with Crippen LogP contribution in [-0.2, 0) is 6.42 Å². The predicted octanol–water partition coefficient (Wildman–Crippen LogP) is 1.19. The fourth-order valence-electron chi connectivity index (χ4n) is 1.41. The number of nitrogens with one attached hydrogen (secondary N) is 1. The number of aromatic nitrogens is 3. The molecule has 15 heavy (non-hydrogen) atoms. The molecule has 4 nitrogen and oxygen atoms in total. The van der Waals surface area contributed by atoms with Crippen molar-refractivity contribution in [1.29, 1.82) is 0 Å². The van der Waals surface area contributed by atoms with E-state index in [0.717, 1.165) is 5.56 Å². The minimum absolute atomic E-state index is 0.253. The highest BCUT2D eigenvalue weighted by Gasteiger charge is 2.09. The Labute approximate surface area is 86.3 Å². The summed E-state index contributed by atoms with van der Waals surface area (Å²) in [4.78, 5) is 3.95. The minimum atomic E-state index is -0.283. The summed E-state index contributed by atoms with van der Waals surface area (Å²) in [6.07, 6.45) is 1.94. The summed E-state index contributed by atoms with van der Waals surface area (Å²) in [5.74, 6) is 0.358. The zero-order chi connectivity index (χ0) is 10.7. The van der Waals surface area contributed by atoms with Crippen molar-refractivity contribution in [3.05, 3.63) is 47.8 Å². The van der Waals surface area contributed by atoms with Gasteiger partial charge in [0.2, 0.25) is 0 Å². The Bertz CT molecular complexity index is 427. The summed E-state index contributed by atoms with van der Waals surface area (Å²) in [6.45, 7) is 0. The third-order valence-electron chi connectivity index (χ3n) is 2.13. The van der Waals surface area contributed by atoms with Crippen molar-refractivity contribution in [2.45, 2.75) is 12.5 Å². The van der Waals surface area contributed by atoms with Gasteiger partial charge >= 0.3 is 0 Å². The van der Waals surface area contributed by atoms with E-state index >= 15 is 0 Å². The van der Waals surface area contributed by atoms with Gasteiger partial charge in [-0.3, -0.25) is 5.10 Å². The van der Waals surface area contributed by atoms with Gasteiger partial charge in [0, 0.05) is 0 Å². The maximum atomic E-state index is 12.9. The monoisotopic (exact) mass is 206 g/mol. The second-order valence-electron chi connectivity index (χ2n) is 3.31. The van der Waals surface area contributed by atoms with Crippen LogP contribution < -0.4 is 5.73 Å². The van der Waals surface area contributed by atoms with Crippen LogP contribution in [0.5, 0.6) is 0 Å². The van der Waals surface area contributed by atoms with Crippen LogP contribution in [0.3, 0.4) is 0 Å². The summed E-state index contributed by atoms with van der Waals surface area (Å²) in [5.41, 5.74) is 6.71. The third kappa shape index (κ3) is 2.38. The second kappa shape index (κ2) is 4.18. The van der Waals surface area contributed by atoms with Crippen molar-refractivity contribution in [3.63, 3.8) is 0 Å². The quantitative estimate of drug-likeness (QED) is 0.792. The van der Waals surface area contributed by atoms with E-state index in [2.05, 4.69) is 15.2 Å². The summed E-state index contributed by atoms with van der Waals surface area (Å²) in [6, 6.07) is 6.09. The van der Waals surface area contributed by atoms with Crippen molar-refractivity contribution < 1.29 is 4.39 Å². The fourth-order valence-corrected chi connectivity index (χ4v) is 1.41.